The van der Waals surface area contributed by atoms with Gasteiger partial charge in [0.2, 0.25) is 0 Å². The minimum Gasteiger partial charge on any atom is -0.444 e. The summed E-state index contributed by atoms with van der Waals surface area (Å²) in [6, 6.07) is 3.91. The van der Waals surface area contributed by atoms with E-state index in [1.165, 1.54) is 0 Å². The van der Waals surface area contributed by atoms with Crippen LogP contribution in [0, 0.1) is 11.8 Å². The van der Waals surface area contributed by atoms with Crippen molar-refractivity contribution >= 4 is 11.9 Å². The number of aliphatic hydroxyl groups excluding tert-OH is 1. The fraction of sp³-hybridized carbons (Fsp3) is 0.579. The number of carbonyl (C=O) groups is 1. The first-order valence-electron chi connectivity index (χ1n) is 8.68. The quantitative estimate of drug-likeness (QED) is 0.672. The number of hydrogen-bond donors (Lipinski definition) is 1. The molecule has 2 rings (SSSR count). The van der Waals surface area contributed by atoms with Crippen molar-refractivity contribution in [1.82, 2.24) is 9.88 Å². The van der Waals surface area contributed by atoms with Crippen molar-refractivity contribution in [2.24, 2.45) is 0 Å². The van der Waals surface area contributed by atoms with Crippen molar-refractivity contribution in [2.75, 3.05) is 37.7 Å². The van der Waals surface area contributed by atoms with E-state index in [9.17, 15) is 4.79 Å². The highest BCUT2D eigenvalue weighted by atomic mass is 16.6. The third kappa shape index (κ3) is 6.28. The van der Waals surface area contributed by atoms with Gasteiger partial charge in [-0.3, -0.25) is 0 Å². The first-order valence-corrected chi connectivity index (χ1v) is 8.68. The minimum atomic E-state index is -0.468. The molecule has 1 fully saturated rings. The monoisotopic (exact) mass is 345 g/mol. The molecule has 0 aliphatic carbocycles. The van der Waals surface area contributed by atoms with E-state index < -0.39 is 5.60 Å². The van der Waals surface area contributed by atoms with Crippen LogP contribution in [0.15, 0.2) is 18.3 Å². The van der Waals surface area contributed by atoms with Gasteiger partial charge in [-0.15, -0.1) is 0 Å². The Hall–Kier alpha value is -2.26. The average molecular weight is 345 g/mol. The molecule has 1 saturated heterocycles. The summed E-state index contributed by atoms with van der Waals surface area (Å²) in [6.07, 6.45) is 2.89. The number of hydrogen-bond acceptors (Lipinski definition) is 5. The Morgan fingerprint density at radius 2 is 2.00 bits per heavy atom. The van der Waals surface area contributed by atoms with Gasteiger partial charge in [0.05, 0.1) is 0 Å². The first kappa shape index (κ1) is 19.1. The number of carbonyl (C=O) groups excluding carboxylic acids is 1. The molecule has 1 amide bonds. The van der Waals surface area contributed by atoms with Gasteiger partial charge < -0.3 is 19.6 Å². The third-order valence-corrected chi connectivity index (χ3v) is 3.70. The molecular weight excluding hydrogens is 318 g/mol. The van der Waals surface area contributed by atoms with Gasteiger partial charge in [0.1, 0.15) is 11.4 Å². The molecule has 0 unspecified atom stereocenters. The maximum Gasteiger partial charge on any atom is 0.410 e. The Morgan fingerprint density at radius 1 is 1.28 bits per heavy atom. The van der Waals surface area contributed by atoms with Crippen LogP contribution in [0.4, 0.5) is 10.6 Å². The predicted molar refractivity (Wildman–Crippen MR) is 97.5 cm³/mol. The molecule has 1 aliphatic rings. The molecule has 0 atom stereocenters. The van der Waals surface area contributed by atoms with Crippen molar-refractivity contribution in [3.8, 4) is 11.8 Å². The van der Waals surface area contributed by atoms with Crippen LogP contribution in [-0.4, -0.2) is 59.5 Å². The smallest absolute Gasteiger partial charge is 0.410 e. The second-order valence-corrected chi connectivity index (χ2v) is 6.99. The molecule has 136 valence electrons. The molecule has 0 aromatic carbocycles. The second-order valence-electron chi connectivity index (χ2n) is 6.99. The van der Waals surface area contributed by atoms with Crippen LogP contribution in [0.2, 0.25) is 0 Å². The molecule has 1 aliphatic heterocycles. The van der Waals surface area contributed by atoms with Gasteiger partial charge in [-0.1, -0.05) is 11.8 Å². The van der Waals surface area contributed by atoms with E-state index in [2.05, 4.69) is 21.7 Å². The van der Waals surface area contributed by atoms with Crippen LogP contribution in [0.3, 0.4) is 0 Å². The Balaban J connectivity index is 1.86. The Morgan fingerprint density at radius 3 is 2.56 bits per heavy atom. The molecule has 0 saturated carbocycles. The summed E-state index contributed by atoms with van der Waals surface area (Å²) < 4.78 is 5.41. The van der Waals surface area contributed by atoms with Crippen LogP contribution in [0.25, 0.3) is 0 Å². The summed E-state index contributed by atoms with van der Waals surface area (Å²) in [6.45, 7) is 8.50. The van der Waals surface area contributed by atoms with E-state index in [0.717, 1.165) is 24.5 Å². The van der Waals surface area contributed by atoms with Crippen LogP contribution >= 0.6 is 0 Å². The number of aromatic nitrogens is 1. The SMILES string of the molecule is CC(C)(C)OC(=O)N1CCN(c2ccc(C#CCCCO)cn2)CC1. The maximum absolute atomic E-state index is 12.1. The topological polar surface area (TPSA) is 65.9 Å². The largest absolute Gasteiger partial charge is 0.444 e. The zero-order chi connectivity index (χ0) is 18.3. The molecule has 2 heterocycles. The predicted octanol–water partition coefficient (Wildman–Crippen LogP) is 2.26. The molecule has 0 radical (unpaired) electrons. The van der Waals surface area contributed by atoms with Crippen LogP contribution in [-0.2, 0) is 4.74 Å². The third-order valence-electron chi connectivity index (χ3n) is 3.70. The van der Waals surface area contributed by atoms with Gasteiger partial charge in [-0.05, 0) is 39.3 Å². The molecule has 6 nitrogen and oxygen atoms in total. The van der Waals surface area contributed by atoms with Gasteiger partial charge in [0, 0.05) is 51.0 Å². The van der Waals surface area contributed by atoms with Crippen LogP contribution in [0.1, 0.15) is 39.2 Å². The summed E-state index contributed by atoms with van der Waals surface area (Å²) >= 11 is 0. The molecule has 0 bridgehead atoms. The number of nitrogens with zero attached hydrogens (tertiary/aromatic N) is 3. The number of amides is 1. The Kier molecular flexibility index (Phi) is 6.65. The minimum absolute atomic E-state index is 0.168. The standard InChI is InChI=1S/C19H27N3O3/c1-19(2,3)25-18(24)22-12-10-21(11-13-22)17-9-8-16(15-20-17)7-5-4-6-14-23/h8-9,15,23H,4,6,10-14H2,1-3H3. The zero-order valence-corrected chi connectivity index (χ0v) is 15.3. The number of piperazine rings is 1. The summed E-state index contributed by atoms with van der Waals surface area (Å²) in [5, 5.41) is 8.73. The Labute approximate surface area is 149 Å². The molecule has 25 heavy (non-hydrogen) atoms. The van der Waals surface area contributed by atoms with Gasteiger partial charge in [-0.25, -0.2) is 9.78 Å². The zero-order valence-electron chi connectivity index (χ0n) is 15.3. The lowest BCUT2D eigenvalue weighted by Gasteiger charge is -2.36. The van der Waals surface area contributed by atoms with Crippen molar-refractivity contribution in [3.63, 3.8) is 0 Å². The van der Waals surface area contributed by atoms with E-state index in [1.54, 1.807) is 11.1 Å². The lowest BCUT2D eigenvalue weighted by molar-refractivity contribution is 0.0240. The van der Waals surface area contributed by atoms with E-state index in [4.69, 9.17) is 9.84 Å². The number of rotatable bonds is 3. The lowest BCUT2D eigenvalue weighted by atomic mass is 10.2. The molecule has 6 heteroatoms. The number of ether oxygens (including phenoxy) is 1. The van der Waals surface area contributed by atoms with Gasteiger partial charge in [0.25, 0.3) is 0 Å². The van der Waals surface area contributed by atoms with E-state index >= 15 is 0 Å². The van der Waals surface area contributed by atoms with Crippen molar-refractivity contribution in [3.05, 3.63) is 23.9 Å². The first-order chi connectivity index (χ1) is 11.9. The summed E-state index contributed by atoms with van der Waals surface area (Å²) in [7, 11) is 0. The summed E-state index contributed by atoms with van der Waals surface area (Å²) in [5.41, 5.74) is 0.401. The van der Waals surface area contributed by atoms with Crippen LogP contribution < -0.4 is 4.90 Å². The lowest BCUT2D eigenvalue weighted by Crippen LogP contribution is -2.50. The number of anilines is 1. The maximum atomic E-state index is 12.1. The van der Waals surface area contributed by atoms with E-state index in [-0.39, 0.29) is 12.7 Å². The van der Waals surface area contributed by atoms with Crippen molar-refractivity contribution < 1.29 is 14.6 Å². The fourth-order valence-corrected chi connectivity index (χ4v) is 2.42. The fourth-order valence-electron chi connectivity index (χ4n) is 2.42. The summed E-state index contributed by atoms with van der Waals surface area (Å²) in [5.74, 6) is 6.95. The molecular formula is C19H27N3O3. The molecule has 0 spiro atoms. The summed E-state index contributed by atoms with van der Waals surface area (Å²) in [4.78, 5) is 20.5. The number of pyridine rings is 1. The van der Waals surface area contributed by atoms with Crippen molar-refractivity contribution in [2.45, 2.75) is 39.2 Å². The highest BCUT2D eigenvalue weighted by molar-refractivity contribution is 5.68. The van der Waals surface area contributed by atoms with E-state index in [1.807, 2.05) is 32.9 Å². The van der Waals surface area contributed by atoms with Gasteiger partial charge in [0.15, 0.2) is 0 Å². The van der Waals surface area contributed by atoms with Crippen molar-refractivity contribution in [1.29, 1.82) is 0 Å². The highest BCUT2D eigenvalue weighted by Crippen LogP contribution is 2.16. The second kappa shape index (κ2) is 8.72. The normalized spacial score (nSPS) is 14.7. The van der Waals surface area contributed by atoms with Gasteiger partial charge >= 0.3 is 6.09 Å². The average Bonchev–Trinajstić information content (AvgIpc) is 2.58. The molecule has 1 aromatic heterocycles. The van der Waals surface area contributed by atoms with Gasteiger partial charge in [-0.2, -0.15) is 0 Å². The molecule has 1 N–H and O–H groups in total. The van der Waals surface area contributed by atoms with Crippen LogP contribution in [0.5, 0.6) is 0 Å². The molecule has 1 aromatic rings. The Bertz CT molecular complexity index is 618. The van der Waals surface area contributed by atoms with E-state index in [0.29, 0.717) is 25.9 Å². The number of aliphatic hydroxyl groups is 1. The number of unbranched alkanes of at least 4 members (excludes halogenated alkanes) is 1. The highest BCUT2D eigenvalue weighted by Gasteiger charge is 2.26.